The summed E-state index contributed by atoms with van der Waals surface area (Å²) in [6.07, 6.45) is 2.38. The van der Waals surface area contributed by atoms with E-state index in [0.29, 0.717) is 28.1 Å². The van der Waals surface area contributed by atoms with Gasteiger partial charge in [0.25, 0.3) is 0 Å². The van der Waals surface area contributed by atoms with Crippen LogP contribution in [0.25, 0.3) is 0 Å². The van der Waals surface area contributed by atoms with E-state index in [2.05, 4.69) is 43.0 Å². The first-order valence-electron chi connectivity index (χ1n) is 10.6. The van der Waals surface area contributed by atoms with Crippen LogP contribution in [0.4, 0.5) is 0 Å². The maximum Gasteiger partial charge on any atom is 0.248 e. The molecule has 0 aromatic heterocycles. The zero-order valence-electron chi connectivity index (χ0n) is 17.9. The molecule has 4 nitrogen and oxygen atoms in total. The standard InChI is InChI=1S/C26H27ClN2O2/c1-17-12-18(2)14-21(13-17)24-4-3-11-29(24)16-19-5-10-25(23(27)15-19)31-22-8-6-20(7-9-22)26(28)30/h5-10,12-15,24H,3-4,11,16H2,1-2H3,(H2,28,30). The Morgan fingerprint density at radius 1 is 1.06 bits per heavy atom. The molecule has 31 heavy (non-hydrogen) atoms. The second kappa shape index (κ2) is 9.13. The van der Waals surface area contributed by atoms with Gasteiger partial charge in [0.05, 0.1) is 5.02 Å². The van der Waals surface area contributed by atoms with E-state index < -0.39 is 5.91 Å². The summed E-state index contributed by atoms with van der Waals surface area (Å²) in [7, 11) is 0. The third kappa shape index (κ3) is 5.09. The minimum absolute atomic E-state index is 0.442. The highest BCUT2D eigenvalue weighted by Crippen LogP contribution is 2.36. The van der Waals surface area contributed by atoms with Crippen LogP contribution in [0.1, 0.15) is 51.5 Å². The van der Waals surface area contributed by atoms with Gasteiger partial charge in [0, 0.05) is 18.2 Å². The molecule has 0 saturated carbocycles. The van der Waals surface area contributed by atoms with E-state index in [4.69, 9.17) is 22.1 Å². The van der Waals surface area contributed by atoms with Crippen molar-refractivity contribution < 1.29 is 9.53 Å². The van der Waals surface area contributed by atoms with Gasteiger partial charge in [-0.05, 0) is 80.8 Å². The van der Waals surface area contributed by atoms with Crippen LogP contribution in [0, 0.1) is 13.8 Å². The van der Waals surface area contributed by atoms with Crippen molar-refractivity contribution >= 4 is 17.5 Å². The second-order valence-corrected chi connectivity index (χ2v) is 8.71. The highest BCUT2D eigenvalue weighted by molar-refractivity contribution is 6.32. The normalized spacial score (nSPS) is 16.4. The summed E-state index contributed by atoms with van der Waals surface area (Å²) in [5.41, 5.74) is 10.9. The summed E-state index contributed by atoms with van der Waals surface area (Å²) >= 11 is 6.52. The molecule has 5 heteroatoms. The van der Waals surface area contributed by atoms with E-state index in [1.54, 1.807) is 24.3 Å². The Balaban J connectivity index is 1.47. The number of ether oxygens (including phenoxy) is 1. The number of carbonyl (C=O) groups excluding carboxylic acids is 1. The van der Waals surface area contributed by atoms with Gasteiger partial charge in [0.2, 0.25) is 5.91 Å². The van der Waals surface area contributed by atoms with Crippen molar-refractivity contribution in [3.05, 3.63) is 93.5 Å². The average molecular weight is 435 g/mol. The molecule has 4 rings (SSSR count). The minimum Gasteiger partial charge on any atom is -0.456 e. The fourth-order valence-electron chi connectivity index (χ4n) is 4.37. The number of nitrogens with zero attached hydrogens (tertiary/aromatic N) is 1. The van der Waals surface area contributed by atoms with Crippen molar-refractivity contribution in [1.29, 1.82) is 0 Å². The van der Waals surface area contributed by atoms with Crippen LogP contribution in [-0.2, 0) is 6.54 Å². The lowest BCUT2D eigenvalue weighted by molar-refractivity contribution is 0.100. The van der Waals surface area contributed by atoms with Crippen molar-refractivity contribution in [2.75, 3.05) is 6.54 Å². The molecular formula is C26H27ClN2O2. The fraction of sp³-hybridized carbons (Fsp3) is 0.269. The molecular weight excluding hydrogens is 408 g/mol. The smallest absolute Gasteiger partial charge is 0.248 e. The SMILES string of the molecule is Cc1cc(C)cc(C2CCCN2Cc2ccc(Oc3ccc(C(N)=O)cc3)c(Cl)c2)c1. The minimum atomic E-state index is -0.463. The first-order chi connectivity index (χ1) is 14.9. The molecule has 3 aromatic rings. The predicted octanol–water partition coefficient (Wildman–Crippen LogP) is 6.19. The van der Waals surface area contributed by atoms with Gasteiger partial charge in [-0.2, -0.15) is 0 Å². The van der Waals surface area contributed by atoms with Crippen molar-refractivity contribution in [3.8, 4) is 11.5 Å². The number of carbonyl (C=O) groups is 1. The first-order valence-corrected chi connectivity index (χ1v) is 11.0. The van der Waals surface area contributed by atoms with Crippen LogP contribution in [0.15, 0.2) is 60.7 Å². The van der Waals surface area contributed by atoms with Crippen molar-refractivity contribution in [1.82, 2.24) is 4.90 Å². The van der Waals surface area contributed by atoms with Crippen LogP contribution in [0.2, 0.25) is 5.02 Å². The lowest BCUT2D eigenvalue weighted by Gasteiger charge is -2.26. The van der Waals surface area contributed by atoms with E-state index in [1.807, 2.05) is 12.1 Å². The molecule has 1 saturated heterocycles. The number of benzene rings is 3. The number of rotatable bonds is 6. The highest BCUT2D eigenvalue weighted by Gasteiger charge is 2.26. The Bertz CT molecular complexity index is 1070. The molecule has 3 aromatic carbocycles. The molecule has 0 bridgehead atoms. The average Bonchev–Trinajstić information content (AvgIpc) is 3.18. The predicted molar refractivity (Wildman–Crippen MR) is 125 cm³/mol. The second-order valence-electron chi connectivity index (χ2n) is 8.31. The zero-order chi connectivity index (χ0) is 22.0. The van der Waals surface area contributed by atoms with Gasteiger partial charge in [-0.15, -0.1) is 0 Å². The lowest BCUT2D eigenvalue weighted by atomic mass is 9.99. The molecule has 1 fully saturated rings. The van der Waals surface area contributed by atoms with Crippen molar-refractivity contribution in [2.45, 2.75) is 39.3 Å². The van der Waals surface area contributed by atoms with Gasteiger partial charge in [0.1, 0.15) is 11.5 Å². The third-order valence-electron chi connectivity index (χ3n) is 5.74. The Kier molecular flexibility index (Phi) is 6.30. The number of amides is 1. The van der Waals surface area contributed by atoms with E-state index in [1.165, 1.54) is 29.5 Å². The molecule has 0 spiro atoms. The monoisotopic (exact) mass is 434 g/mol. The number of hydrogen-bond donors (Lipinski definition) is 1. The van der Waals surface area contributed by atoms with Crippen LogP contribution in [0.5, 0.6) is 11.5 Å². The van der Waals surface area contributed by atoms with Gasteiger partial charge in [-0.1, -0.05) is 47.0 Å². The summed E-state index contributed by atoms with van der Waals surface area (Å²) in [6, 6.07) is 19.9. The summed E-state index contributed by atoms with van der Waals surface area (Å²) in [4.78, 5) is 13.7. The molecule has 2 N–H and O–H groups in total. The van der Waals surface area contributed by atoms with Crippen LogP contribution < -0.4 is 10.5 Å². The van der Waals surface area contributed by atoms with Crippen LogP contribution in [-0.4, -0.2) is 17.4 Å². The number of aryl methyl sites for hydroxylation is 2. The molecule has 1 heterocycles. The number of halogens is 1. The molecule has 0 radical (unpaired) electrons. The summed E-state index contributed by atoms with van der Waals surface area (Å²) in [6.45, 7) is 6.26. The Labute approximate surface area is 188 Å². The summed E-state index contributed by atoms with van der Waals surface area (Å²) in [5, 5.41) is 0.568. The van der Waals surface area contributed by atoms with Gasteiger partial charge in [-0.25, -0.2) is 0 Å². The molecule has 1 aliphatic heterocycles. The highest BCUT2D eigenvalue weighted by atomic mass is 35.5. The maximum atomic E-state index is 11.2. The lowest BCUT2D eigenvalue weighted by Crippen LogP contribution is -2.22. The maximum absolute atomic E-state index is 11.2. The van der Waals surface area contributed by atoms with Gasteiger partial charge in [-0.3, -0.25) is 9.69 Å². The van der Waals surface area contributed by atoms with Crippen molar-refractivity contribution in [2.24, 2.45) is 5.73 Å². The zero-order valence-corrected chi connectivity index (χ0v) is 18.7. The summed E-state index contributed by atoms with van der Waals surface area (Å²) in [5.74, 6) is 0.730. The molecule has 1 aliphatic rings. The Hall–Kier alpha value is -2.82. The van der Waals surface area contributed by atoms with E-state index in [0.717, 1.165) is 18.7 Å². The number of nitrogens with two attached hydrogens (primary N) is 1. The van der Waals surface area contributed by atoms with Crippen molar-refractivity contribution in [3.63, 3.8) is 0 Å². The third-order valence-corrected chi connectivity index (χ3v) is 6.04. The fourth-order valence-corrected chi connectivity index (χ4v) is 4.61. The first kappa shape index (κ1) is 21.4. The Morgan fingerprint density at radius 2 is 1.77 bits per heavy atom. The number of primary amides is 1. The van der Waals surface area contributed by atoms with E-state index in [9.17, 15) is 4.79 Å². The molecule has 1 amide bonds. The molecule has 0 aliphatic carbocycles. The van der Waals surface area contributed by atoms with E-state index >= 15 is 0 Å². The van der Waals surface area contributed by atoms with Crippen LogP contribution in [0.3, 0.4) is 0 Å². The van der Waals surface area contributed by atoms with Gasteiger partial charge in [0.15, 0.2) is 0 Å². The topological polar surface area (TPSA) is 55.6 Å². The van der Waals surface area contributed by atoms with Crippen LogP contribution >= 0.6 is 11.6 Å². The summed E-state index contributed by atoms with van der Waals surface area (Å²) < 4.78 is 5.89. The largest absolute Gasteiger partial charge is 0.456 e. The molecule has 160 valence electrons. The van der Waals surface area contributed by atoms with E-state index in [-0.39, 0.29) is 0 Å². The van der Waals surface area contributed by atoms with Gasteiger partial charge < -0.3 is 10.5 Å². The quantitative estimate of drug-likeness (QED) is 0.503. The Morgan fingerprint density at radius 3 is 2.42 bits per heavy atom. The number of hydrogen-bond acceptors (Lipinski definition) is 3. The number of likely N-dealkylation sites (tertiary alicyclic amines) is 1. The molecule has 1 unspecified atom stereocenters. The molecule has 1 atom stereocenters. The van der Waals surface area contributed by atoms with Gasteiger partial charge >= 0.3 is 0 Å².